The predicted octanol–water partition coefficient (Wildman–Crippen LogP) is 6.56. The van der Waals surface area contributed by atoms with Crippen LogP contribution < -0.4 is 0 Å². The number of Topliss-reactive ketones (excluding diaryl/α,β-unsaturated/α-hetero) is 1. The molecule has 1 heterocycles. The van der Waals surface area contributed by atoms with Crippen LogP contribution in [0.4, 0.5) is 0 Å². The zero-order valence-corrected chi connectivity index (χ0v) is 17.4. The van der Waals surface area contributed by atoms with Gasteiger partial charge in [-0.25, -0.2) is 0 Å². The number of carbonyl (C=O) groups is 1. The van der Waals surface area contributed by atoms with E-state index in [0.29, 0.717) is 12.3 Å². The molecule has 0 aliphatic heterocycles. The molecule has 0 amide bonds. The van der Waals surface area contributed by atoms with Crippen LogP contribution in [0, 0.1) is 19.8 Å². The summed E-state index contributed by atoms with van der Waals surface area (Å²) in [4.78, 5) is 12.6. The van der Waals surface area contributed by atoms with Gasteiger partial charge in [-0.15, -0.1) is 5.10 Å². The lowest BCUT2D eigenvalue weighted by Crippen LogP contribution is -2.01. The van der Waals surface area contributed by atoms with Crippen molar-refractivity contribution in [3.63, 3.8) is 0 Å². The lowest BCUT2D eigenvalue weighted by atomic mass is 9.93. The van der Waals surface area contributed by atoms with Gasteiger partial charge in [0.05, 0.1) is 6.20 Å². The number of nitrogens with zero attached hydrogens (tertiary/aromatic N) is 2. The highest BCUT2D eigenvalue weighted by molar-refractivity contribution is 5.99. The standard InChI is InChI=1S/C27H24N2O/c1-17-5-3-4-6-23(17)27-24-12-11-20(14-22(24)16-28-29-27)25-15-21(10-7-18(25)2)26(30)13-19-8-9-19/h3-7,10-12,14-16,19H,8-9,13H2,1-2H3. The minimum absolute atomic E-state index is 0.257. The second kappa shape index (κ2) is 7.49. The maximum absolute atomic E-state index is 12.6. The zero-order chi connectivity index (χ0) is 20.7. The van der Waals surface area contributed by atoms with E-state index in [1.165, 1.54) is 24.0 Å². The van der Waals surface area contributed by atoms with Crippen molar-refractivity contribution in [2.45, 2.75) is 33.1 Å². The van der Waals surface area contributed by atoms with E-state index in [1.807, 2.05) is 24.4 Å². The fourth-order valence-electron chi connectivity index (χ4n) is 4.10. The molecule has 30 heavy (non-hydrogen) atoms. The molecule has 0 saturated heterocycles. The highest BCUT2D eigenvalue weighted by Crippen LogP contribution is 2.35. The molecule has 3 heteroatoms. The normalized spacial score (nSPS) is 13.5. The molecule has 0 radical (unpaired) electrons. The van der Waals surface area contributed by atoms with Crippen molar-refractivity contribution >= 4 is 16.6 Å². The van der Waals surface area contributed by atoms with Crippen LogP contribution in [0.2, 0.25) is 0 Å². The van der Waals surface area contributed by atoms with Crippen LogP contribution in [0.5, 0.6) is 0 Å². The number of ketones is 1. The smallest absolute Gasteiger partial charge is 0.163 e. The summed E-state index contributed by atoms with van der Waals surface area (Å²) in [6.45, 7) is 4.19. The molecule has 0 N–H and O–H groups in total. The van der Waals surface area contributed by atoms with Gasteiger partial charge in [-0.3, -0.25) is 4.79 Å². The highest BCUT2D eigenvalue weighted by Gasteiger charge is 2.25. The highest BCUT2D eigenvalue weighted by atomic mass is 16.1. The number of hydrogen-bond acceptors (Lipinski definition) is 3. The van der Waals surface area contributed by atoms with Gasteiger partial charge in [-0.2, -0.15) is 5.10 Å². The Bertz CT molecular complexity index is 1270. The van der Waals surface area contributed by atoms with Gasteiger partial charge in [0.25, 0.3) is 0 Å². The number of carbonyl (C=O) groups excluding carboxylic acids is 1. The molecule has 1 aliphatic rings. The summed E-state index contributed by atoms with van der Waals surface area (Å²) >= 11 is 0. The molecule has 0 bridgehead atoms. The van der Waals surface area contributed by atoms with Crippen LogP contribution in [0.25, 0.3) is 33.2 Å². The minimum Gasteiger partial charge on any atom is -0.294 e. The van der Waals surface area contributed by atoms with Gasteiger partial charge in [0.15, 0.2) is 5.78 Å². The molecular weight excluding hydrogens is 368 g/mol. The average Bonchev–Trinajstić information content (AvgIpc) is 3.57. The molecule has 0 spiro atoms. The second-order valence-electron chi connectivity index (χ2n) is 8.41. The number of aromatic nitrogens is 2. The Hall–Kier alpha value is -3.33. The third kappa shape index (κ3) is 3.52. The Morgan fingerprint density at radius 2 is 1.73 bits per heavy atom. The summed E-state index contributed by atoms with van der Waals surface area (Å²) in [5.41, 5.74) is 7.38. The molecule has 0 atom stereocenters. The summed E-state index contributed by atoms with van der Waals surface area (Å²) in [5, 5.41) is 10.8. The first-order chi connectivity index (χ1) is 14.6. The molecule has 1 aromatic heterocycles. The maximum Gasteiger partial charge on any atom is 0.163 e. The molecule has 3 nitrogen and oxygen atoms in total. The Morgan fingerprint density at radius 1 is 0.933 bits per heavy atom. The van der Waals surface area contributed by atoms with Crippen molar-refractivity contribution in [3.8, 4) is 22.4 Å². The maximum atomic E-state index is 12.6. The van der Waals surface area contributed by atoms with Gasteiger partial charge in [0.1, 0.15) is 5.69 Å². The van der Waals surface area contributed by atoms with Crippen LogP contribution in [0.1, 0.15) is 40.7 Å². The first kappa shape index (κ1) is 18.7. The van der Waals surface area contributed by atoms with E-state index in [-0.39, 0.29) is 5.78 Å². The Labute approximate surface area is 176 Å². The molecule has 5 rings (SSSR count). The van der Waals surface area contributed by atoms with Crippen molar-refractivity contribution in [3.05, 3.63) is 83.6 Å². The molecule has 1 saturated carbocycles. The van der Waals surface area contributed by atoms with E-state index in [9.17, 15) is 4.79 Å². The van der Waals surface area contributed by atoms with E-state index in [2.05, 4.69) is 66.5 Å². The fraction of sp³-hybridized carbons (Fsp3) is 0.222. The van der Waals surface area contributed by atoms with Crippen molar-refractivity contribution in [1.82, 2.24) is 10.2 Å². The quantitative estimate of drug-likeness (QED) is 0.361. The van der Waals surface area contributed by atoms with Gasteiger partial charge >= 0.3 is 0 Å². The van der Waals surface area contributed by atoms with Gasteiger partial charge in [-0.05, 0) is 67.0 Å². The van der Waals surface area contributed by atoms with Crippen molar-refractivity contribution < 1.29 is 4.79 Å². The van der Waals surface area contributed by atoms with E-state index in [1.54, 1.807) is 0 Å². The van der Waals surface area contributed by atoms with E-state index in [4.69, 9.17) is 0 Å². The van der Waals surface area contributed by atoms with Crippen molar-refractivity contribution in [2.75, 3.05) is 0 Å². The predicted molar refractivity (Wildman–Crippen MR) is 122 cm³/mol. The van der Waals surface area contributed by atoms with E-state index in [0.717, 1.165) is 38.7 Å². The largest absolute Gasteiger partial charge is 0.294 e. The first-order valence-corrected chi connectivity index (χ1v) is 10.6. The number of fused-ring (bicyclic) bond motifs is 1. The lowest BCUT2D eigenvalue weighted by Gasteiger charge is -2.12. The van der Waals surface area contributed by atoms with Crippen LogP contribution in [0.3, 0.4) is 0 Å². The van der Waals surface area contributed by atoms with Gasteiger partial charge in [0, 0.05) is 28.3 Å². The third-order valence-electron chi connectivity index (χ3n) is 6.10. The molecule has 0 unspecified atom stereocenters. The Balaban J connectivity index is 1.58. The molecule has 1 aliphatic carbocycles. The number of aryl methyl sites for hydroxylation is 2. The van der Waals surface area contributed by atoms with E-state index < -0.39 is 0 Å². The lowest BCUT2D eigenvalue weighted by molar-refractivity contribution is 0.0976. The van der Waals surface area contributed by atoms with Crippen LogP contribution >= 0.6 is 0 Å². The van der Waals surface area contributed by atoms with Crippen LogP contribution in [-0.4, -0.2) is 16.0 Å². The van der Waals surface area contributed by atoms with E-state index >= 15 is 0 Å². The topological polar surface area (TPSA) is 42.9 Å². The Kier molecular flexibility index (Phi) is 4.66. The minimum atomic E-state index is 0.257. The van der Waals surface area contributed by atoms with Crippen molar-refractivity contribution in [1.29, 1.82) is 0 Å². The third-order valence-corrected chi connectivity index (χ3v) is 6.10. The number of benzene rings is 3. The SMILES string of the molecule is Cc1ccc(C(=O)CC2CC2)cc1-c1ccc2c(-c3ccccc3C)nncc2c1. The fourth-order valence-corrected chi connectivity index (χ4v) is 4.10. The second-order valence-corrected chi connectivity index (χ2v) is 8.41. The summed E-state index contributed by atoms with van der Waals surface area (Å²) in [7, 11) is 0. The first-order valence-electron chi connectivity index (χ1n) is 10.6. The molecule has 1 fully saturated rings. The Morgan fingerprint density at radius 3 is 2.53 bits per heavy atom. The zero-order valence-electron chi connectivity index (χ0n) is 17.4. The monoisotopic (exact) mass is 392 g/mol. The summed E-state index contributed by atoms with van der Waals surface area (Å²) in [6, 6.07) is 20.7. The van der Waals surface area contributed by atoms with Gasteiger partial charge in [-0.1, -0.05) is 48.5 Å². The van der Waals surface area contributed by atoms with Crippen molar-refractivity contribution in [2.24, 2.45) is 5.92 Å². The summed E-state index contributed by atoms with van der Waals surface area (Å²) < 4.78 is 0. The number of hydrogen-bond donors (Lipinski definition) is 0. The van der Waals surface area contributed by atoms with Gasteiger partial charge < -0.3 is 0 Å². The molecule has 3 aromatic carbocycles. The van der Waals surface area contributed by atoms with Crippen LogP contribution in [-0.2, 0) is 0 Å². The van der Waals surface area contributed by atoms with Gasteiger partial charge in [0.2, 0.25) is 0 Å². The molecule has 4 aromatic rings. The molecular formula is C27H24N2O. The summed E-state index contributed by atoms with van der Waals surface area (Å²) in [6.07, 6.45) is 4.88. The number of rotatable bonds is 5. The van der Waals surface area contributed by atoms with Crippen LogP contribution in [0.15, 0.2) is 66.9 Å². The summed E-state index contributed by atoms with van der Waals surface area (Å²) in [5.74, 6) is 0.855. The average molecular weight is 393 g/mol. The molecule has 148 valence electrons.